The van der Waals surface area contributed by atoms with E-state index in [-0.39, 0.29) is 5.91 Å². The molecule has 4 rings (SSSR count). The minimum Gasteiger partial charge on any atom is -0.322 e. The van der Waals surface area contributed by atoms with E-state index in [9.17, 15) is 9.59 Å². The van der Waals surface area contributed by atoms with Gasteiger partial charge in [0.1, 0.15) is 5.54 Å². The van der Waals surface area contributed by atoms with Gasteiger partial charge in [0.15, 0.2) is 0 Å². The molecule has 1 fully saturated rings. The fourth-order valence-electron chi connectivity index (χ4n) is 3.38. The van der Waals surface area contributed by atoms with Crippen molar-refractivity contribution in [3.05, 3.63) is 59.1 Å². The Balaban J connectivity index is 1.89. The molecule has 1 saturated heterocycles. The molecular formula is C21H18ClN3O2. The Hall–Kier alpha value is -2.92. The largest absolute Gasteiger partial charge is 0.346 e. The third kappa shape index (κ3) is 2.66. The van der Waals surface area contributed by atoms with Crippen LogP contribution < -0.4 is 5.32 Å². The molecule has 3 aromatic rings. The molecule has 3 amide bonds. The second-order valence-corrected chi connectivity index (χ2v) is 7.17. The molecule has 1 atom stereocenters. The van der Waals surface area contributed by atoms with Gasteiger partial charge in [-0.25, -0.2) is 4.79 Å². The molecule has 0 spiro atoms. The van der Waals surface area contributed by atoms with E-state index in [1.807, 2.05) is 55.5 Å². The highest BCUT2D eigenvalue weighted by Crippen LogP contribution is 2.35. The first-order valence-electron chi connectivity index (χ1n) is 8.76. The van der Waals surface area contributed by atoms with Crippen LogP contribution in [0.25, 0.3) is 21.5 Å². The van der Waals surface area contributed by atoms with Crippen LogP contribution in [0.1, 0.15) is 25.8 Å². The van der Waals surface area contributed by atoms with Gasteiger partial charge in [-0.15, -0.1) is 5.01 Å². The number of carbonyl (C=O) groups excluding carboxylic acids is 2. The highest BCUT2D eigenvalue weighted by atomic mass is 35.5. The van der Waals surface area contributed by atoms with Crippen molar-refractivity contribution in [2.24, 2.45) is 5.10 Å². The van der Waals surface area contributed by atoms with E-state index in [0.717, 1.165) is 32.1 Å². The zero-order valence-corrected chi connectivity index (χ0v) is 15.7. The topological polar surface area (TPSA) is 61.8 Å². The van der Waals surface area contributed by atoms with Crippen LogP contribution in [0, 0.1) is 0 Å². The molecule has 27 heavy (non-hydrogen) atoms. The molecule has 0 aromatic heterocycles. The van der Waals surface area contributed by atoms with E-state index in [2.05, 4.69) is 10.4 Å². The normalized spacial score (nSPS) is 20.2. The first-order chi connectivity index (χ1) is 13.0. The predicted molar refractivity (Wildman–Crippen MR) is 108 cm³/mol. The fourth-order valence-corrected chi connectivity index (χ4v) is 3.71. The molecular weight excluding hydrogens is 362 g/mol. The maximum absolute atomic E-state index is 12.6. The van der Waals surface area contributed by atoms with Crippen molar-refractivity contribution < 1.29 is 9.59 Å². The minimum atomic E-state index is -0.918. The summed E-state index contributed by atoms with van der Waals surface area (Å²) in [6.45, 7) is 3.56. The lowest BCUT2D eigenvalue weighted by atomic mass is 9.97. The van der Waals surface area contributed by atoms with Gasteiger partial charge >= 0.3 is 6.03 Å². The molecule has 1 aliphatic heterocycles. The van der Waals surface area contributed by atoms with Crippen molar-refractivity contribution in [3.8, 4) is 0 Å². The lowest BCUT2D eigenvalue weighted by Gasteiger charge is -2.17. The summed E-state index contributed by atoms with van der Waals surface area (Å²) in [5.41, 5.74) is -0.102. The van der Waals surface area contributed by atoms with Gasteiger partial charge in [0.05, 0.1) is 11.2 Å². The molecule has 5 nitrogen and oxygen atoms in total. The molecule has 1 N–H and O–H groups in total. The number of halogens is 1. The van der Waals surface area contributed by atoms with Gasteiger partial charge in [0, 0.05) is 16.3 Å². The van der Waals surface area contributed by atoms with Gasteiger partial charge < -0.3 is 5.32 Å². The SMILES string of the molecule is CCC1(C)NC(=O)N(/N=C/c2c3ccccc3c(Cl)c3ccccc23)C1=O. The van der Waals surface area contributed by atoms with Crippen molar-refractivity contribution in [3.63, 3.8) is 0 Å². The maximum atomic E-state index is 12.6. The number of hydrogen-bond donors (Lipinski definition) is 1. The van der Waals surface area contributed by atoms with Crippen molar-refractivity contribution in [1.82, 2.24) is 10.3 Å². The van der Waals surface area contributed by atoms with Crippen molar-refractivity contribution in [2.75, 3.05) is 0 Å². The summed E-state index contributed by atoms with van der Waals surface area (Å²) in [6, 6.07) is 15.0. The molecule has 0 aliphatic carbocycles. The standard InChI is InChI=1S/C21H18ClN3O2/c1-3-21(2)19(26)25(20(27)24-21)23-12-17-13-8-4-6-10-15(13)18(22)16-11-7-5-9-14(16)17/h4-12H,3H2,1-2H3,(H,24,27)/b23-12+. The predicted octanol–water partition coefficient (Wildman–Crippen LogP) is 4.70. The maximum Gasteiger partial charge on any atom is 0.346 e. The fraction of sp³-hybridized carbons (Fsp3) is 0.190. The summed E-state index contributed by atoms with van der Waals surface area (Å²) >= 11 is 6.60. The van der Waals surface area contributed by atoms with E-state index in [0.29, 0.717) is 11.4 Å². The lowest BCUT2D eigenvalue weighted by molar-refractivity contribution is -0.130. The number of fused-ring (bicyclic) bond motifs is 2. The number of nitrogens with one attached hydrogen (secondary N) is 1. The van der Waals surface area contributed by atoms with Crippen LogP contribution in [0.3, 0.4) is 0 Å². The summed E-state index contributed by atoms with van der Waals surface area (Å²) < 4.78 is 0. The Bertz CT molecular complexity index is 1070. The second-order valence-electron chi connectivity index (χ2n) is 6.80. The molecule has 1 aliphatic rings. The zero-order chi connectivity index (χ0) is 19.2. The number of benzene rings is 3. The first kappa shape index (κ1) is 17.5. The van der Waals surface area contributed by atoms with Crippen LogP contribution in [0.2, 0.25) is 5.02 Å². The van der Waals surface area contributed by atoms with Crippen LogP contribution >= 0.6 is 11.6 Å². The summed E-state index contributed by atoms with van der Waals surface area (Å²) in [6.07, 6.45) is 2.07. The van der Waals surface area contributed by atoms with E-state index in [4.69, 9.17) is 11.6 Å². The van der Waals surface area contributed by atoms with Crippen LogP contribution in [-0.2, 0) is 4.79 Å². The van der Waals surface area contributed by atoms with Gasteiger partial charge in [-0.05, 0) is 24.1 Å². The van der Waals surface area contributed by atoms with Gasteiger partial charge in [-0.2, -0.15) is 5.10 Å². The Kier molecular flexibility index (Phi) is 4.12. The second kappa shape index (κ2) is 6.35. The third-order valence-corrected chi connectivity index (χ3v) is 5.56. The molecule has 0 bridgehead atoms. The number of hydrogen-bond acceptors (Lipinski definition) is 3. The van der Waals surface area contributed by atoms with E-state index in [1.54, 1.807) is 13.1 Å². The number of amides is 3. The summed E-state index contributed by atoms with van der Waals surface area (Å²) in [7, 11) is 0. The summed E-state index contributed by atoms with van der Waals surface area (Å²) in [5.74, 6) is -0.353. The monoisotopic (exact) mass is 379 g/mol. The quantitative estimate of drug-likeness (QED) is 0.407. The average Bonchev–Trinajstić information content (AvgIpc) is 2.91. The number of carbonyl (C=O) groups is 2. The molecule has 0 saturated carbocycles. The Morgan fingerprint density at radius 2 is 1.56 bits per heavy atom. The average molecular weight is 380 g/mol. The zero-order valence-electron chi connectivity index (χ0n) is 15.0. The molecule has 1 unspecified atom stereocenters. The van der Waals surface area contributed by atoms with Gasteiger partial charge in [0.2, 0.25) is 0 Å². The molecule has 0 radical (unpaired) electrons. The molecule has 136 valence electrons. The number of rotatable bonds is 3. The van der Waals surface area contributed by atoms with E-state index >= 15 is 0 Å². The van der Waals surface area contributed by atoms with Crippen molar-refractivity contribution in [2.45, 2.75) is 25.8 Å². The van der Waals surface area contributed by atoms with Crippen LogP contribution in [0.5, 0.6) is 0 Å². The number of hydrazone groups is 1. The third-order valence-electron chi connectivity index (χ3n) is 5.16. The highest BCUT2D eigenvalue weighted by Gasteiger charge is 2.46. The van der Waals surface area contributed by atoms with Gasteiger partial charge in [-0.3, -0.25) is 4.79 Å². The van der Waals surface area contributed by atoms with Crippen LogP contribution in [-0.4, -0.2) is 28.7 Å². The van der Waals surface area contributed by atoms with Crippen LogP contribution in [0.15, 0.2) is 53.6 Å². The van der Waals surface area contributed by atoms with E-state index in [1.165, 1.54) is 0 Å². The first-order valence-corrected chi connectivity index (χ1v) is 9.13. The number of nitrogens with zero attached hydrogens (tertiary/aromatic N) is 2. The van der Waals surface area contributed by atoms with Crippen molar-refractivity contribution in [1.29, 1.82) is 0 Å². The Labute approximate surface area is 161 Å². The minimum absolute atomic E-state index is 0.353. The van der Waals surface area contributed by atoms with Crippen molar-refractivity contribution >= 4 is 51.3 Å². The molecule has 6 heteroatoms. The summed E-state index contributed by atoms with van der Waals surface area (Å²) in [5, 5.41) is 12.1. The molecule has 3 aromatic carbocycles. The lowest BCUT2D eigenvalue weighted by Crippen LogP contribution is -2.42. The van der Waals surface area contributed by atoms with Gasteiger partial charge in [0.25, 0.3) is 5.91 Å². The van der Waals surface area contributed by atoms with E-state index < -0.39 is 11.6 Å². The number of urea groups is 1. The van der Waals surface area contributed by atoms with Gasteiger partial charge in [-0.1, -0.05) is 67.1 Å². The van der Waals surface area contributed by atoms with Crippen LogP contribution in [0.4, 0.5) is 4.79 Å². The smallest absolute Gasteiger partial charge is 0.322 e. The molecule has 1 heterocycles. The Morgan fingerprint density at radius 1 is 1.04 bits per heavy atom. The Morgan fingerprint density at radius 3 is 2.04 bits per heavy atom. The summed E-state index contributed by atoms with van der Waals surface area (Å²) in [4.78, 5) is 24.8. The number of imide groups is 1. The highest BCUT2D eigenvalue weighted by molar-refractivity contribution is 6.42.